The molecule has 10 heteroatoms. The maximum absolute atomic E-state index is 12.4. The second-order valence-corrected chi connectivity index (χ2v) is 10.0. The van der Waals surface area contributed by atoms with Crippen LogP contribution < -0.4 is 5.32 Å². The van der Waals surface area contributed by atoms with Crippen LogP contribution in [0.15, 0.2) is 27.7 Å². The van der Waals surface area contributed by atoms with Gasteiger partial charge in [-0.3, -0.25) is 14.5 Å². The smallest absolute Gasteiger partial charge is 0.266 e. The van der Waals surface area contributed by atoms with Gasteiger partial charge in [0.1, 0.15) is 10.1 Å². The lowest BCUT2D eigenvalue weighted by molar-refractivity contribution is -0.124. The summed E-state index contributed by atoms with van der Waals surface area (Å²) in [4.78, 5) is 26.3. The van der Waals surface area contributed by atoms with Crippen molar-refractivity contribution >= 4 is 56.0 Å². The molecule has 3 rings (SSSR count). The average Bonchev–Trinajstić information content (AvgIpc) is 3.25. The van der Waals surface area contributed by atoms with Crippen LogP contribution in [0.1, 0.15) is 25.0 Å². The first kappa shape index (κ1) is 19.1. The Bertz CT molecular complexity index is 845. The molecule has 0 radical (unpaired) electrons. The van der Waals surface area contributed by atoms with Gasteiger partial charge in [-0.15, -0.1) is 0 Å². The Hall–Kier alpha value is -1.65. The summed E-state index contributed by atoms with van der Waals surface area (Å²) in [5.41, 5.74) is 0. The third kappa shape index (κ3) is 4.74. The highest BCUT2D eigenvalue weighted by Crippen LogP contribution is 2.32. The van der Waals surface area contributed by atoms with Crippen LogP contribution in [0.25, 0.3) is 6.08 Å². The Morgan fingerprint density at radius 1 is 1.50 bits per heavy atom. The normalized spacial score (nSPS) is 23.8. The monoisotopic (exact) mass is 414 g/mol. The molecule has 0 bridgehead atoms. The first-order valence-electron chi connectivity index (χ1n) is 8.13. The van der Waals surface area contributed by atoms with Gasteiger partial charge < -0.3 is 9.73 Å². The molecule has 0 aromatic carbocycles. The molecule has 0 aliphatic carbocycles. The van der Waals surface area contributed by atoms with E-state index in [2.05, 4.69) is 5.32 Å². The number of rotatable bonds is 6. The van der Waals surface area contributed by atoms with E-state index in [4.69, 9.17) is 16.6 Å². The molecular weight excluding hydrogens is 396 g/mol. The van der Waals surface area contributed by atoms with Gasteiger partial charge in [0.15, 0.2) is 9.84 Å². The van der Waals surface area contributed by atoms with Crippen LogP contribution in [0.4, 0.5) is 0 Å². The number of nitrogens with one attached hydrogen (secondary N) is 1. The molecule has 1 unspecified atom stereocenters. The molecule has 7 nitrogen and oxygen atoms in total. The molecule has 1 aromatic heterocycles. The zero-order valence-electron chi connectivity index (χ0n) is 13.8. The third-order valence-electron chi connectivity index (χ3n) is 4.07. The molecule has 1 atom stereocenters. The van der Waals surface area contributed by atoms with E-state index < -0.39 is 9.84 Å². The van der Waals surface area contributed by atoms with E-state index in [1.54, 1.807) is 18.2 Å². The van der Waals surface area contributed by atoms with Crippen LogP contribution >= 0.6 is 24.0 Å². The second-order valence-electron chi connectivity index (χ2n) is 6.12. The van der Waals surface area contributed by atoms with E-state index in [0.717, 1.165) is 0 Å². The fraction of sp³-hybridized carbons (Fsp3) is 0.438. The van der Waals surface area contributed by atoms with Crippen molar-refractivity contribution in [3.63, 3.8) is 0 Å². The first-order valence-corrected chi connectivity index (χ1v) is 11.2. The summed E-state index contributed by atoms with van der Waals surface area (Å²) in [7, 11) is -3.02. The summed E-state index contributed by atoms with van der Waals surface area (Å²) in [6.07, 6.45) is 4.30. The summed E-state index contributed by atoms with van der Waals surface area (Å²) >= 11 is 6.45. The molecule has 140 valence electrons. The molecular formula is C16H18N2O5S3. The molecule has 2 saturated heterocycles. The fourth-order valence-corrected chi connectivity index (χ4v) is 5.76. The van der Waals surface area contributed by atoms with Gasteiger partial charge in [0.05, 0.1) is 22.7 Å². The van der Waals surface area contributed by atoms with Gasteiger partial charge in [-0.1, -0.05) is 24.0 Å². The van der Waals surface area contributed by atoms with Crippen molar-refractivity contribution in [2.24, 2.45) is 0 Å². The summed E-state index contributed by atoms with van der Waals surface area (Å²) in [6, 6.07) is 3.18. The van der Waals surface area contributed by atoms with Gasteiger partial charge in [-0.25, -0.2) is 8.42 Å². The van der Waals surface area contributed by atoms with Crippen LogP contribution in [0.3, 0.4) is 0 Å². The number of hydrogen-bond acceptors (Lipinski definition) is 7. The Morgan fingerprint density at radius 3 is 2.96 bits per heavy atom. The van der Waals surface area contributed by atoms with Crippen molar-refractivity contribution < 1.29 is 22.4 Å². The van der Waals surface area contributed by atoms with Crippen molar-refractivity contribution in [1.82, 2.24) is 10.2 Å². The van der Waals surface area contributed by atoms with E-state index in [9.17, 15) is 18.0 Å². The van der Waals surface area contributed by atoms with Crippen molar-refractivity contribution in [2.45, 2.75) is 25.3 Å². The highest BCUT2D eigenvalue weighted by Gasteiger charge is 2.32. The van der Waals surface area contributed by atoms with Crippen molar-refractivity contribution in [3.8, 4) is 0 Å². The number of hydrogen-bond donors (Lipinski definition) is 1. The predicted molar refractivity (Wildman–Crippen MR) is 103 cm³/mol. The molecule has 2 fully saturated rings. The zero-order chi connectivity index (χ0) is 18.7. The van der Waals surface area contributed by atoms with Gasteiger partial charge >= 0.3 is 0 Å². The van der Waals surface area contributed by atoms with Crippen molar-refractivity contribution in [1.29, 1.82) is 0 Å². The van der Waals surface area contributed by atoms with Gasteiger partial charge in [0, 0.05) is 25.1 Å². The Labute approximate surface area is 161 Å². The Morgan fingerprint density at radius 2 is 2.31 bits per heavy atom. The van der Waals surface area contributed by atoms with Crippen LogP contribution in [-0.4, -0.2) is 53.5 Å². The van der Waals surface area contributed by atoms with Gasteiger partial charge in [0.25, 0.3) is 5.91 Å². The molecule has 3 heterocycles. The third-order valence-corrected chi connectivity index (χ3v) is 7.22. The molecule has 2 aliphatic heterocycles. The van der Waals surface area contributed by atoms with Crippen LogP contribution in [0.5, 0.6) is 0 Å². The summed E-state index contributed by atoms with van der Waals surface area (Å²) < 4.78 is 28.5. The molecule has 0 saturated carbocycles. The number of thiocarbonyl (C=S) groups is 1. The minimum Gasteiger partial charge on any atom is -0.465 e. The highest BCUT2D eigenvalue weighted by atomic mass is 32.2. The van der Waals surface area contributed by atoms with Crippen molar-refractivity contribution in [2.75, 3.05) is 18.1 Å². The van der Waals surface area contributed by atoms with Gasteiger partial charge in [-0.2, -0.15) is 0 Å². The Balaban J connectivity index is 1.46. The minimum absolute atomic E-state index is 0.00497. The number of sulfone groups is 1. The number of furan rings is 1. The van der Waals surface area contributed by atoms with Crippen molar-refractivity contribution in [3.05, 3.63) is 29.1 Å². The maximum Gasteiger partial charge on any atom is 0.266 e. The maximum atomic E-state index is 12.4. The minimum atomic E-state index is -3.02. The van der Waals surface area contributed by atoms with Gasteiger partial charge in [0.2, 0.25) is 5.91 Å². The van der Waals surface area contributed by atoms with Gasteiger partial charge in [-0.05, 0) is 25.0 Å². The lowest BCUT2D eigenvalue weighted by Crippen LogP contribution is -2.36. The highest BCUT2D eigenvalue weighted by molar-refractivity contribution is 8.26. The lowest BCUT2D eigenvalue weighted by Gasteiger charge is -2.15. The second kappa shape index (κ2) is 7.93. The van der Waals surface area contributed by atoms with Crippen LogP contribution in [0, 0.1) is 0 Å². The molecule has 1 aromatic rings. The predicted octanol–water partition coefficient (Wildman–Crippen LogP) is 1.56. The molecule has 2 aliphatic rings. The molecule has 1 N–H and O–H groups in total. The number of carbonyl (C=O) groups is 2. The van der Waals surface area contributed by atoms with E-state index in [0.29, 0.717) is 34.4 Å². The Kier molecular flexibility index (Phi) is 5.83. The topological polar surface area (TPSA) is 96.7 Å². The first-order chi connectivity index (χ1) is 12.3. The molecule has 0 spiro atoms. The van der Waals surface area contributed by atoms with E-state index in [-0.39, 0.29) is 35.8 Å². The summed E-state index contributed by atoms with van der Waals surface area (Å²) in [5.74, 6) is 0.306. The SMILES string of the molecule is O=C(CCCN1C(=O)/C(=C\c2ccco2)SC1=S)NC1CCS(=O)(=O)C1. The number of carbonyl (C=O) groups excluding carboxylic acids is 2. The van der Waals surface area contributed by atoms with E-state index in [1.807, 2.05) is 0 Å². The molecule has 26 heavy (non-hydrogen) atoms. The average molecular weight is 415 g/mol. The van der Waals surface area contributed by atoms with E-state index >= 15 is 0 Å². The molecule has 2 amide bonds. The number of nitrogens with zero attached hydrogens (tertiary/aromatic N) is 1. The van der Waals surface area contributed by atoms with Crippen LogP contribution in [-0.2, 0) is 19.4 Å². The largest absolute Gasteiger partial charge is 0.465 e. The summed E-state index contributed by atoms with van der Waals surface area (Å²) in [6.45, 7) is 0.344. The zero-order valence-corrected chi connectivity index (χ0v) is 16.3. The number of amides is 2. The van der Waals surface area contributed by atoms with E-state index in [1.165, 1.54) is 22.9 Å². The van der Waals surface area contributed by atoms with Crippen LogP contribution in [0.2, 0.25) is 0 Å². The quantitative estimate of drug-likeness (QED) is 0.557. The fourth-order valence-electron chi connectivity index (χ4n) is 2.80. The number of thioether (sulfide) groups is 1. The lowest BCUT2D eigenvalue weighted by atomic mass is 10.2. The standard InChI is InChI=1S/C16H18N2O5S3/c19-14(17-11-5-8-26(21,22)10-11)4-1-6-18-15(20)13(25-16(18)24)9-12-3-2-7-23-12/h2-3,7,9,11H,1,4-6,8,10H2,(H,17,19)/b13-9+. The summed E-state index contributed by atoms with van der Waals surface area (Å²) in [5, 5.41) is 2.74.